The Kier molecular flexibility index (Phi) is 2.41. The van der Waals surface area contributed by atoms with Crippen molar-refractivity contribution in [3.63, 3.8) is 0 Å². The minimum absolute atomic E-state index is 0.762. The van der Waals surface area contributed by atoms with Crippen LogP contribution in [-0.4, -0.2) is 0 Å². The quantitative estimate of drug-likeness (QED) is 0.522. The van der Waals surface area contributed by atoms with Gasteiger partial charge in [0.1, 0.15) is 5.70 Å². The molecule has 80 valence electrons. The molecule has 0 saturated heterocycles. The van der Waals surface area contributed by atoms with Gasteiger partial charge in [-0.15, -0.1) is 10.2 Å². The van der Waals surface area contributed by atoms with Gasteiger partial charge in [0, 0.05) is 5.39 Å². The van der Waals surface area contributed by atoms with E-state index >= 15 is 0 Å². The first kappa shape index (κ1) is 9.76. The first-order valence-electron chi connectivity index (χ1n) is 5.46. The average Bonchev–Trinajstić information content (AvgIpc) is 2.89. The van der Waals surface area contributed by atoms with Gasteiger partial charge >= 0.3 is 0 Å². The van der Waals surface area contributed by atoms with Crippen molar-refractivity contribution in [1.29, 1.82) is 0 Å². The maximum absolute atomic E-state index is 4.27. The number of hydrogen-bond acceptors (Lipinski definition) is 2. The van der Waals surface area contributed by atoms with Crippen molar-refractivity contribution in [3.05, 3.63) is 72.1 Å². The van der Waals surface area contributed by atoms with Crippen LogP contribution in [0, 0.1) is 0 Å². The number of fused-ring (bicyclic) bond motifs is 1. The fourth-order valence-corrected chi connectivity index (χ4v) is 1.79. The van der Waals surface area contributed by atoms with E-state index in [1.165, 1.54) is 5.39 Å². The standard InChI is InChI=1S/C15H10N2/c1-4-10-14-12(6-1)7-5-11-15(14)17-16-13-8-2-3-9-13/h1-8,10-11H. The van der Waals surface area contributed by atoms with E-state index in [1.54, 1.807) is 0 Å². The van der Waals surface area contributed by atoms with Gasteiger partial charge in [-0.2, -0.15) is 0 Å². The number of nitrogens with zero attached hydrogens (tertiary/aromatic N) is 2. The van der Waals surface area contributed by atoms with Gasteiger partial charge in [0.05, 0.1) is 5.69 Å². The van der Waals surface area contributed by atoms with Gasteiger partial charge in [-0.1, -0.05) is 48.2 Å². The van der Waals surface area contributed by atoms with Crippen LogP contribution in [0.15, 0.2) is 82.3 Å². The zero-order valence-electron chi connectivity index (χ0n) is 9.17. The van der Waals surface area contributed by atoms with E-state index in [0.717, 1.165) is 16.8 Å². The van der Waals surface area contributed by atoms with Gasteiger partial charge < -0.3 is 0 Å². The minimum atomic E-state index is 0.762. The zero-order chi connectivity index (χ0) is 11.5. The lowest BCUT2D eigenvalue weighted by atomic mass is 10.1. The van der Waals surface area contributed by atoms with Crippen LogP contribution in [0.5, 0.6) is 0 Å². The predicted molar refractivity (Wildman–Crippen MR) is 69.2 cm³/mol. The molecule has 0 bridgehead atoms. The highest BCUT2D eigenvalue weighted by atomic mass is 15.1. The van der Waals surface area contributed by atoms with Crippen LogP contribution in [0.2, 0.25) is 0 Å². The third-order valence-corrected chi connectivity index (χ3v) is 2.61. The zero-order valence-corrected chi connectivity index (χ0v) is 9.17. The number of allylic oxidation sites excluding steroid dienone is 2. The first-order chi connectivity index (χ1) is 8.43. The van der Waals surface area contributed by atoms with Crippen molar-refractivity contribution < 1.29 is 0 Å². The molecule has 1 aliphatic rings. The lowest BCUT2D eigenvalue weighted by Crippen LogP contribution is -1.72. The molecule has 0 fully saturated rings. The molecule has 0 atom stereocenters. The van der Waals surface area contributed by atoms with E-state index in [9.17, 15) is 0 Å². The molecular weight excluding hydrogens is 208 g/mol. The van der Waals surface area contributed by atoms with Crippen molar-refractivity contribution in [2.75, 3.05) is 0 Å². The Hall–Kier alpha value is -2.44. The summed E-state index contributed by atoms with van der Waals surface area (Å²) in [5.41, 5.74) is 4.64. The molecule has 0 N–H and O–H groups in total. The van der Waals surface area contributed by atoms with Gasteiger partial charge in [0.2, 0.25) is 0 Å². The van der Waals surface area contributed by atoms with Crippen LogP contribution in [0.1, 0.15) is 0 Å². The van der Waals surface area contributed by atoms with E-state index in [0.29, 0.717) is 0 Å². The molecular formula is C15H10N2. The Morgan fingerprint density at radius 3 is 2.65 bits per heavy atom. The summed E-state index contributed by atoms with van der Waals surface area (Å²) < 4.78 is 0. The lowest BCUT2D eigenvalue weighted by Gasteiger charge is -1.99. The Labute approximate surface area is 99.3 Å². The van der Waals surface area contributed by atoms with Crippen molar-refractivity contribution in [2.24, 2.45) is 10.2 Å². The molecule has 2 heteroatoms. The lowest BCUT2D eigenvalue weighted by molar-refractivity contribution is 1.19. The summed E-state index contributed by atoms with van der Waals surface area (Å²) in [6.45, 7) is 0. The first-order valence-corrected chi connectivity index (χ1v) is 5.46. The molecule has 0 unspecified atom stereocenters. The Balaban J connectivity index is 2.06. The number of hydrogen-bond donors (Lipinski definition) is 0. The van der Waals surface area contributed by atoms with Gasteiger partial charge in [-0.25, -0.2) is 0 Å². The number of azo groups is 1. The van der Waals surface area contributed by atoms with Crippen LogP contribution in [0.3, 0.4) is 0 Å². The number of benzene rings is 2. The molecule has 0 radical (unpaired) electrons. The van der Waals surface area contributed by atoms with E-state index in [2.05, 4.69) is 34.2 Å². The maximum atomic E-state index is 4.27. The molecule has 2 aromatic carbocycles. The summed E-state index contributed by atoms with van der Waals surface area (Å²) in [7, 11) is 0. The van der Waals surface area contributed by atoms with Gasteiger partial charge in [0.25, 0.3) is 0 Å². The average molecular weight is 218 g/mol. The fraction of sp³-hybridized carbons (Fsp3) is 0. The second-order valence-electron chi connectivity index (χ2n) is 3.75. The third-order valence-electron chi connectivity index (χ3n) is 2.61. The largest absolute Gasteiger partial charge is 0.149 e. The molecule has 0 aromatic heterocycles. The van der Waals surface area contributed by atoms with Crippen LogP contribution < -0.4 is 0 Å². The van der Waals surface area contributed by atoms with E-state index in [-0.39, 0.29) is 0 Å². The molecule has 2 aromatic rings. The summed E-state index contributed by atoms with van der Waals surface area (Å²) in [4.78, 5) is 0. The molecule has 0 aliphatic heterocycles. The molecule has 0 heterocycles. The highest BCUT2D eigenvalue weighted by Crippen LogP contribution is 2.26. The summed E-state index contributed by atoms with van der Waals surface area (Å²) in [6.07, 6.45) is 5.61. The van der Waals surface area contributed by atoms with Gasteiger partial charge in [0.15, 0.2) is 0 Å². The molecule has 3 rings (SSSR count). The Morgan fingerprint density at radius 2 is 1.76 bits per heavy atom. The smallest absolute Gasteiger partial charge is 0.128 e. The van der Waals surface area contributed by atoms with Gasteiger partial charge in [-0.3, -0.25) is 0 Å². The molecule has 0 saturated carbocycles. The van der Waals surface area contributed by atoms with E-state index in [4.69, 9.17) is 0 Å². The summed E-state index contributed by atoms with van der Waals surface area (Å²) in [5.74, 6) is 0. The predicted octanol–water partition coefficient (Wildman–Crippen LogP) is 4.53. The Bertz CT molecular complexity index is 682. The molecule has 17 heavy (non-hydrogen) atoms. The Morgan fingerprint density at radius 1 is 0.882 bits per heavy atom. The van der Waals surface area contributed by atoms with Crippen LogP contribution in [0.25, 0.3) is 10.8 Å². The molecule has 1 aliphatic carbocycles. The SMILES string of the molecule is C1=CC=CC=1N=Nc1cccc2ccccc12. The molecule has 2 nitrogen and oxygen atoms in total. The van der Waals surface area contributed by atoms with E-state index in [1.807, 2.05) is 42.5 Å². The summed E-state index contributed by atoms with van der Waals surface area (Å²) >= 11 is 0. The molecule has 0 spiro atoms. The normalized spacial score (nSPS) is 13.8. The summed E-state index contributed by atoms with van der Waals surface area (Å²) in [6, 6.07) is 14.2. The highest BCUT2D eigenvalue weighted by Gasteiger charge is 1.98. The molecule has 0 amide bonds. The second kappa shape index (κ2) is 4.20. The van der Waals surface area contributed by atoms with Crippen molar-refractivity contribution >= 4 is 16.5 Å². The van der Waals surface area contributed by atoms with Crippen LogP contribution in [-0.2, 0) is 0 Å². The maximum Gasteiger partial charge on any atom is 0.128 e. The number of rotatable bonds is 2. The van der Waals surface area contributed by atoms with Crippen molar-refractivity contribution in [1.82, 2.24) is 0 Å². The topological polar surface area (TPSA) is 24.7 Å². The van der Waals surface area contributed by atoms with Crippen LogP contribution in [0.4, 0.5) is 5.69 Å². The van der Waals surface area contributed by atoms with E-state index < -0.39 is 0 Å². The van der Waals surface area contributed by atoms with Gasteiger partial charge in [-0.05, 0) is 23.6 Å². The monoisotopic (exact) mass is 218 g/mol. The summed E-state index contributed by atoms with van der Waals surface area (Å²) in [5, 5.41) is 10.7. The van der Waals surface area contributed by atoms with Crippen molar-refractivity contribution in [2.45, 2.75) is 0 Å². The fourth-order valence-electron chi connectivity index (χ4n) is 1.79. The second-order valence-corrected chi connectivity index (χ2v) is 3.75. The minimum Gasteiger partial charge on any atom is -0.149 e. The third kappa shape index (κ3) is 1.94. The van der Waals surface area contributed by atoms with Crippen molar-refractivity contribution in [3.8, 4) is 0 Å². The van der Waals surface area contributed by atoms with Crippen LogP contribution >= 0.6 is 0 Å². The highest BCUT2D eigenvalue weighted by molar-refractivity contribution is 5.92.